The highest BCUT2D eigenvalue weighted by Crippen LogP contribution is 2.39. The third-order valence-electron chi connectivity index (χ3n) is 4.90. The molecule has 1 saturated heterocycles. The summed E-state index contributed by atoms with van der Waals surface area (Å²) >= 11 is 0. The maximum Gasteiger partial charge on any atom is 0.219 e. The molecular weight excluding hydrogens is 240 g/mol. The van der Waals surface area contributed by atoms with E-state index in [0.717, 1.165) is 39.0 Å². The van der Waals surface area contributed by atoms with Crippen LogP contribution in [0.15, 0.2) is 6.20 Å². The summed E-state index contributed by atoms with van der Waals surface area (Å²) in [5, 5.41) is 0. The van der Waals surface area contributed by atoms with E-state index in [2.05, 4.69) is 28.4 Å². The van der Waals surface area contributed by atoms with Gasteiger partial charge in [0.05, 0.1) is 5.54 Å². The van der Waals surface area contributed by atoms with Crippen molar-refractivity contribution in [2.24, 2.45) is 0 Å². The second kappa shape index (κ2) is 4.34. The van der Waals surface area contributed by atoms with Gasteiger partial charge in [-0.05, 0) is 26.8 Å². The van der Waals surface area contributed by atoms with Crippen LogP contribution in [0.1, 0.15) is 31.3 Å². The Labute approximate surface area is 114 Å². The number of hydrogen-bond donors (Lipinski definition) is 0. The van der Waals surface area contributed by atoms with Gasteiger partial charge >= 0.3 is 0 Å². The lowest BCUT2D eigenvalue weighted by Crippen LogP contribution is -2.56. The minimum absolute atomic E-state index is 0.0262. The number of nitrogens with zero attached hydrogens (tertiary/aromatic N) is 4. The van der Waals surface area contributed by atoms with Gasteiger partial charge < -0.3 is 9.47 Å². The number of piperidine rings is 1. The van der Waals surface area contributed by atoms with E-state index in [-0.39, 0.29) is 11.4 Å². The third kappa shape index (κ3) is 1.79. The summed E-state index contributed by atoms with van der Waals surface area (Å²) in [6.07, 6.45) is 3.95. The summed E-state index contributed by atoms with van der Waals surface area (Å²) in [7, 11) is 2.19. The predicted octanol–water partition coefficient (Wildman–Crippen LogP) is 0.975. The van der Waals surface area contributed by atoms with Crippen LogP contribution in [0.25, 0.3) is 0 Å². The average Bonchev–Trinajstić information content (AvgIpc) is 2.77. The Morgan fingerprint density at radius 2 is 1.95 bits per heavy atom. The largest absolute Gasteiger partial charge is 0.343 e. The van der Waals surface area contributed by atoms with Gasteiger partial charge in [-0.1, -0.05) is 0 Å². The number of amides is 1. The van der Waals surface area contributed by atoms with Crippen LogP contribution in [0.2, 0.25) is 0 Å². The molecule has 1 aromatic rings. The van der Waals surface area contributed by atoms with E-state index in [4.69, 9.17) is 0 Å². The van der Waals surface area contributed by atoms with Crippen molar-refractivity contribution in [3.63, 3.8) is 0 Å². The van der Waals surface area contributed by atoms with Crippen LogP contribution in [-0.4, -0.2) is 51.9 Å². The van der Waals surface area contributed by atoms with E-state index in [9.17, 15) is 4.79 Å². The lowest BCUT2D eigenvalue weighted by molar-refractivity contribution is -0.132. The summed E-state index contributed by atoms with van der Waals surface area (Å²) in [6, 6.07) is 0. The molecule has 1 fully saturated rings. The first kappa shape index (κ1) is 12.7. The van der Waals surface area contributed by atoms with E-state index in [0.29, 0.717) is 0 Å². The topological polar surface area (TPSA) is 41.4 Å². The molecule has 0 saturated carbocycles. The molecule has 5 nitrogen and oxygen atoms in total. The summed E-state index contributed by atoms with van der Waals surface area (Å²) in [5.41, 5.74) is 1.27. The number of fused-ring (bicyclic) bond motifs is 2. The van der Waals surface area contributed by atoms with Gasteiger partial charge in [-0.25, -0.2) is 4.98 Å². The molecule has 0 bridgehead atoms. The van der Waals surface area contributed by atoms with Crippen molar-refractivity contribution in [3.05, 3.63) is 17.7 Å². The van der Waals surface area contributed by atoms with E-state index in [1.807, 2.05) is 11.1 Å². The molecule has 1 spiro atoms. The fraction of sp³-hybridized carbons (Fsp3) is 0.714. The van der Waals surface area contributed by atoms with Gasteiger partial charge in [0, 0.05) is 45.0 Å². The second-order valence-corrected chi connectivity index (χ2v) is 5.83. The standard InChI is InChI=1S/C14H22N4O/c1-11-10-15-13-14(16(3)8-9-18(11)13)4-6-17(7-5-14)12(2)19/h10H,4-9H2,1-3H3. The van der Waals surface area contributed by atoms with Crippen LogP contribution in [0, 0.1) is 6.92 Å². The Balaban J connectivity index is 1.93. The van der Waals surface area contributed by atoms with Crippen LogP contribution in [0.4, 0.5) is 0 Å². The van der Waals surface area contributed by atoms with Crippen molar-refractivity contribution in [3.8, 4) is 0 Å². The average molecular weight is 262 g/mol. The van der Waals surface area contributed by atoms with Gasteiger partial charge in [-0.2, -0.15) is 0 Å². The molecule has 1 amide bonds. The van der Waals surface area contributed by atoms with Crippen LogP contribution >= 0.6 is 0 Å². The number of carbonyl (C=O) groups excluding carboxylic acids is 1. The van der Waals surface area contributed by atoms with Gasteiger partial charge in [0.2, 0.25) is 5.91 Å². The normalized spacial score (nSPS) is 22.6. The number of rotatable bonds is 0. The molecule has 3 rings (SSSR count). The third-order valence-corrected chi connectivity index (χ3v) is 4.90. The fourth-order valence-electron chi connectivity index (χ4n) is 3.55. The number of imidazole rings is 1. The highest BCUT2D eigenvalue weighted by molar-refractivity contribution is 5.73. The first-order chi connectivity index (χ1) is 9.04. The van der Waals surface area contributed by atoms with Gasteiger partial charge in [-0.15, -0.1) is 0 Å². The van der Waals surface area contributed by atoms with Crippen LogP contribution in [0.3, 0.4) is 0 Å². The zero-order chi connectivity index (χ0) is 13.6. The van der Waals surface area contributed by atoms with Crippen molar-refractivity contribution in [2.45, 2.75) is 38.8 Å². The Bertz CT molecular complexity index is 500. The Kier molecular flexibility index (Phi) is 2.89. The predicted molar refractivity (Wildman–Crippen MR) is 72.8 cm³/mol. The number of likely N-dealkylation sites (N-methyl/N-ethyl adjacent to an activating group) is 1. The summed E-state index contributed by atoms with van der Waals surface area (Å²) in [5.74, 6) is 1.38. The molecule has 1 aromatic heterocycles. The summed E-state index contributed by atoms with van der Waals surface area (Å²) in [4.78, 5) is 20.6. The molecule has 2 aliphatic heterocycles. The van der Waals surface area contributed by atoms with Crippen molar-refractivity contribution < 1.29 is 4.79 Å². The molecule has 0 atom stereocenters. The quantitative estimate of drug-likeness (QED) is 0.700. The molecule has 0 radical (unpaired) electrons. The summed E-state index contributed by atoms with van der Waals surface area (Å²) < 4.78 is 2.35. The van der Waals surface area contributed by atoms with Crippen molar-refractivity contribution in [1.82, 2.24) is 19.4 Å². The molecular formula is C14H22N4O. The maximum absolute atomic E-state index is 11.5. The van der Waals surface area contributed by atoms with Crippen LogP contribution in [-0.2, 0) is 16.9 Å². The molecule has 104 valence electrons. The number of likely N-dealkylation sites (tertiary alicyclic amines) is 1. The highest BCUT2D eigenvalue weighted by atomic mass is 16.2. The maximum atomic E-state index is 11.5. The zero-order valence-corrected chi connectivity index (χ0v) is 12.0. The van der Waals surface area contributed by atoms with Gasteiger partial charge in [-0.3, -0.25) is 9.69 Å². The SMILES string of the molecule is CC(=O)N1CCC2(CC1)c1ncc(C)n1CCN2C. The van der Waals surface area contributed by atoms with Crippen molar-refractivity contribution in [1.29, 1.82) is 0 Å². The monoisotopic (exact) mass is 262 g/mol. The fourth-order valence-corrected chi connectivity index (χ4v) is 3.55. The minimum atomic E-state index is 0.0262. The second-order valence-electron chi connectivity index (χ2n) is 5.83. The first-order valence-corrected chi connectivity index (χ1v) is 7.04. The number of aryl methyl sites for hydroxylation is 1. The van der Waals surface area contributed by atoms with Gasteiger partial charge in [0.1, 0.15) is 5.82 Å². The van der Waals surface area contributed by atoms with Crippen LogP contribution < -0.4 is 0 Å². The lowest BCUT2D eigenvalue weighted by atomic mass is 9.83. The van der Waals surface area contributed by atoms with E-state index < -0.39 is 0 Å². The molecule has 2 aliphatic rings. The van der Waals surface area contributed by atoms with E-state index in [1.165, 1.54) is 11.5 Å². The van der Waals surface area contributed by atoms with Gasteiger partial charge in [0.15, 0.2) is 0 Å². The van der Waals surface area contributed by atoms with Crippen molar-refractivity contribution >= 4 is 5.91 Å². The molecule has 3 heterocycles. The number of carbonyl (C=O) groups is 1. The van der Waals surface area contributed by atoms with Crippen LogP contribution in [0.5, 0.6) is 0 Å². The molecule has 19 heavy (non-hydrogen) atoms. The smallest absolute Gasteiger partial charge is 0.219 e. The minimum Gasteiger partial charge on any atom is -0.343 e. The number of hydrogen-bond acceptors (Lipinski definition) is 3. The van der Waals surface area contributed by atoms with Crippen molar-refractivity contribution in [2.75, 3.05) is 26.7 Å². The molecule has 0 aliphatic carbocycles. The Hall–Kier alpha value is -1.36. The molecule has 5 heteroatoms. The first-order valence-electron chi connectivity index (χ1n) is 7.04. The molecule has 0 aromatic carbocycles. The molecule has 0 unspecified atom stereocenters. The van der Waals surface area contributed by atoms with E-state index >= 15 is 0 Å². The highest BCUT2D eigenvalue weighted by Gasteiger charge is 2.45. The lowest BCUT2D eigenvalue weighted by Gasteiger charge is -2.49. The Morgan fingerprint density at radius 1 is 1.26 bits per heavy atom. The van der Waals surface area contributed by atoms with E-state index in [1.54, 1.807) is 6.92 Å². The van der Waals surface area contributed by atoms with Gasteiger partial charge in [0.25, 0.3) is 0 Å². The Morgan fingerprint density at radius 3 is 2.58 bits per heavy atom. The number of aromatic nitrogens is 2. The zero-order valence-electron chi connectivity index (χ0n) is 12.0. The summed E-state index contributed by atoms with van der Waals surface area (Å²) in [6.45, 7) is 7.55. The molecule has 0 N–H and O–H groups in total.